The molecule has 1 atom stereocenters. The second kappa shape index (κ2) is 5.33. The highest BCUT2D eigenvalue weighted by atomic mass is 19.4. The maximum absolute atomic E-state index is 12.7. The fourth-order valence-corrected chi connectivity index (χ4v) is 1.34. The van der Waals surface area contributed by atoms with Crippen molar-refractivity contribution in [3.63, 3.8) is 0 Å². The highest BCUT2D eigenvalue weighted by molar-refractivity contribution is 5.33. The quantitative estimate of drug-likeness (QED) is 0.831. The van der Waals surface area contributed by atoms with Gasteiger partial charge in [0.1, 0.15) is 5.56 Å². The Hall–Kier alpha value is -1.34. The van der Waals surface area contributed by atoms with E-state index in [2.05, 4.69) is 14.6 Å². The molecule has 0 fully saturated rings. The average Bonchev–Trinajstić information content (AvgIpc) is 2.27. The third kappa shape index (κ3) is 3.31. The molecule has 0 amide bonds. The van der Waals surface area contributed by atoms with E-state index in [0.717, 1.165) is 13.2 Å². The van der Waals surface area contributed by atoms with Gasteiger partial charge in [-0.2, -0.15) is 13.2 Å². The van der Waals surface area contributed by atoms with Crippen molar-refractivity contribution in [3.05, 3.63) is 23.4 Å². The molecule has 96 valence electrons. The topological polar surface area (TPSA) is 57.4 Å². The fraction of sp³-hybridized carbons (Fsp3) is 0.500. The molecule has 17 heavy (non-hydrogen) atoms. The molecule has 1 unspecified atom stereocenters. The molecule has 0 aromatic carbocycles. The largest absolute Gasteiger partial charge is 0.481 e. The van der Waals surface area contributed by atoms with Crippen LogP contribution in [0.25, 0.3) is 0 Å². The number of ether oxygens (including phenoxy) is 1. The second-order valence-electron chi connectivity index (χ2n) is 3.56. The lowest BCUT2D eigenvalue weighted by Gasteiger charge is -2.15. The zero-order chi connectivity index (χ0) is 13.1. The predicted octanol–water partition coefficient (Wildman–Crippen LogP) is 2.10. The van der Waals surface area contributed by atoms with Gasteiger partial charge in [-0.1, -0.05) is 6.92 Å². The van der Waals surface area contributed by atoms with Crippen molar-refractivity contribution < 1.29 is 22.7 Å². The second-order valence-corrected chi connectivity index (χ2v) is 3.56. The van der Waals surface area contributed by atoms with E-state index in [9.17, 15) is 13.2 Å². The van der Waals surface area contributed by atoms with Gasteiger partial charge >= 0.3 is 6.18 Å². The Morgan fingerprint density at radius 1 is 1.47 bits per heavy atom. The maximum atomic E-state index is 12.7. The standard InChI is InChI=1S/C10H13F3N2O2/c1-6(5-17-14)7-3-8(10(11,12)13)9(16-2)15-4-7/h3-4,6H,5,14H2,1-2H3. The first-order chi connectivity index (χ1) is 7.90. The van der Waals surface area contributed by atoms with Gasteiger partial charge < -0.3 is 9.57 Å². The maximum Gasteiger partial charge on any atom is 0.421 e. The van der Waals surface area contributed by atoms with Crippen molar-refractivity contribution in [2.75, 3.05) is 13.7 Å². The summed E-state index contributed by atoms with van der Waals surface area (Å²) in [6.07, 6.45) is -3.19. The van der Waals surface area contributed by atoms with Crippen LogP contribution in [0.3, 0.4) is 0 Å². The number of nitrogens with two attached hydrogens (primary N) is 1. The molecule has 1 aromatic heterocycles. The minimum Gasteiger partial charge on any atom is -0.481 e. The van der Waals surface area contributed by atoms with E-state index in [-0.39, 0.29) is 12.5 Å². The molecule has 1 heterocycles. The fourth-order valence-electron chi connectivity index (χ4n) is 1.34. The van der Waals surface area contributed by atoms with Gasteiger partial charge in [-0.25, -0.2) is 10.9 Å². The SMILES string of the molecule is COc1ncc(C(C)CON)cc1C(F)(F)F. The number of methoxy groups -OCH3 is 1. The third-order valence-corrected chi connectivity index (χ3v) is 2.29. The predicted molar refractivity (Wildman–Crippen MR) is 54.3 cm³/mol. The summed E-state index contributed by atoms with van der Waals surface area (Å²) in [5, 5.41) is 0. The van der Waals surface area contributed by atoms with Crippen LogP contribution in [0.15, 0.2) is 12.3 Å². The normalized spacial score (nSPS) is 13.5. The van der Waals surface area contributed by atoms with Crippen molar-refractivity contribution in [2.24, 2.45) is 5.90 Å². The Balaban J connectivity index is 3.13. The number of halogens is 3. The van der Waals surface area contributed by atoms with Crippen LogP contribution >= 0.6 is 0 Å². The van der Waals surface area contributed by atoms with Gasteiger partial charge in [-0.3, -0.25) is 0 Å². The van der Waals surface area contributed by atoms with E-state index in [0.29, 0.717) is 5.56 Å². The molecule has 0 saturated carbocycles. The van der Waals surface area contributed by atoms with Crippen LogP contribution in [-0.2, 0) is 11.0 Å². The van der Waals surface area contributed by atoms with Gasteiger partial charge in [0.2, 0.25) is 5.88 Å². The highest BCUT2D eigenvalue weighted by Gasteiger charge is 2.35. The molecule has 0 spiro atoms. The Morgan fingerprint density at radius 2 is 2.12 bits per heavy atom. The summed E-state index contributed by atoms with van der Waals surface area (Å²) < 4.78 is 42.6. The summed E-state index contributed by atoms with van der Waals surface area (Å²) in [5.74, 6) is 4.16. The molecule has 2 N–H and O–H groups in total. The first kappa shape index (κ1) is 13.7. The third-order valence-electron chi connectivity index (χ3n) is 2.29. The van der Waals surface area contributed by atoms with Crippen LogP contribution in [0.1, 0.15) is 24.0 Å². The number of nitrogens with zero attached hydrogens (tertiary/aromatic N) is 1. The minimum absolute atomic E-state index is 0.116. The summed E-state index contributed by atoms with van der Waals surface area (Å²) in [7, 11) is 1.14. The summed E-state index contributed by atoms with van der Waals surface area (Å²) >= 11 is 0. The molecular formula is C10H13F3N2O2. The van der Waals surface area contributed by atoms with Gasteiger partial charge in [0.25, 0.3) is 0 Å². The number of pyridine rings is 1. The van der Waals surface area contributed by atoms with E-state index in [1.807, 2.05) is 0 Å². The summed E-state index contributed by atoms with van der Waals surface area (Å²) in [5.41, 5.74) is -0.509. The van der Waals surface area contributed by atoms with E-state index in [1.54, 1.807) is 6.92 Å². The first-order valence-electron chi connectivity index (χ1n) is 4.83. The number of aromatic nitrogens is 1. The molecule has 0 bridgehead atoms. The molecule has 7 heteroatoms. The Labute approximate surface area is 96.5 Å². The minimum atomic E-state index is -4.50. The number of alkyl halides is 3. The molecule has 0 saturated heterocycles. The van der Waals surface area contributed by atoms with Gasteiger partial charge in [0.15, 0.2) is 0 Å². The van der Waals surface area contributed by atoms with Crippen LogP contribution in [0.4, 0.5) is 13.2 Å². The molecule has 1 rings (SSSR count). The molecule has 0 radical (unpaired) electrons. The lowest BCUT2D eigenvalue weighted by atomic mass is 10.0. The summed E-state index contributed by atoms with van der Waals surface area (Å²) in [6, 6.07) is 0.996. The lowest BCUT2D eigenvalue weighted by Crippen LogP contribution is -2.13. The van der Waals surface area contributed by atoms with Crippen LogP contribution in [0.2, 0.25) is 0 Å². The molecule has 0 aliphatic rings. The molecule has 0 aliphatic carbocycles. The number of hydrogen-bond donors (Lipinski definition) is 1. The van der Waals surface area contributed by atoms with Gasteiger partial charge in [-0.05, 0) is 11.6 Å². The molecular weight excluding hydrogens is 237 g/mol. The Kier molecular flexibility index (Phi) is 4.30. The van der Waals surface area contributed by atoms with Crippen LogP contribution in [-0.4, -0.2) is 18.7 Å². The van der Waals surface area contributed by atoms with Crippen molar-refractivity contribution in [2.45, 2.75) is 19.0 Å². The zero-order valence-electron chi connectivity index (χ0n) is 9.41. The average molecular weight is 250 g/mol. The van der Waals surface area contributed by atoms with Gasteiger partial charge in [0, 0.05) is 12.1 Å². The van der Waals surface area contributed by atoms with Crippen LogP contribution < -0.4 is 10.6 Å². The van der Waals surface area contributed by atoms with Crippen molar-refractivity contribution in [1.29, 1.82) is 0 Å². The Bertz CT molecular complexity index is 382. The first-order valence-corrected chi connectivity index (χ1v) is 4.83. The zero-order valence-corrected chi connectivity index (χ0v) is 9.41. The Morgan fingerprint density at radius 3 is 2.59 bits per heavy atom. The van der Waals surface area contributed by atoms with E-state index < -0.39 is 17.6 Å². The van der Waals surface area contributed by atoms with Crippen molar-refractivity contribution >= 4 is 0 Å². The highest BCUT2D eigenvalue weighted by Crippen LogP contribution is 2.36. The molecule has 4 nitrogen and oxygen atoms in total. The van der Waals surface area contributed by atoms with Gasteiger partial charge in [-0.15, -0.1) is 0 Å². The number of rotatable bonds is 4. The number of hydrogen-bond acceptors (Lipinski definition) is 4. The van der Waals surface area contributed by atoms with Crippen molar-refractivity contribution in [1.82, 2.24) is 4.98 Å². The van der Waals surface area contributed by atoms with Gasteiger partial charge in [0.05, 0.1) is 13.7 Å². The lowest BCUT2D eigenvalue weighted by molar-refractivity contribution is -0.139. The van der Waals surface area contributed by atoms with Crippen LogP contribution in [0, 0.1) is 0 Å². The summed E-state index contributed by atoms with van der Waals surface area (Å²) in [6.45, 7) is 1.81. The van der Waals surface area contributed by atoms with E-state index in [1.165, 1.54) is 6.20 Å². The molecule has 0 aliphatic heterocycles. The monoisotopic (exact) mass is 250 g/mol. The molecule has 1 aromatic rings. The van der Waals surface area contributed by atoms with Crippen LogP contribution in [0.5, 0.6) is 5.88 Å². The smallest absolute Gasteiger partial charge is 0.421 e. The van der Waals surface area contributed by atoms with E-state index >= 15 is 0 Å². The summed E-state index contributed by atoms with van der Waals surface area (Å²) in [4.78, 5) is 8.03. The van der Waals surface area contributed by atoms with E-state index in [4.69, 9.17) is 5.90 Å². The van der Waals surface area contributed by atoms with Crippen molar-refractivity contribution in [3.8, 4) is 5.88 Å².